The van der Waals surface area contributed by atoms with Crippen LogP contribution in [0.5, 0.6) is 11.5 Å². The van der Waals surface area contributed by atoms with E-state index in [1.807, 2.05) is 18.2 Å². The van der Waals surface area contributed by atoms with Gasteiger partial charge in [0.1, 0.15) is 0 Å². The second-order valence-electron chi connectivity index (χ2n) is 8.41. The summed E-state index contributed by atoms with van der Waals surface area (Å²) in [5.74, 6) is -0.480. The van der Waals surface area contributed by atoms with Crippen LogP contribution in [-0.2, 0) is 4.74 Å². The van der Waals surface area contributed by atoms with Crippen LogP contribution < -0.4 is 20.1 Å². The third kappa shape index (κ3) is 9.38. The first-order chi connectivity index (χ1) is 16.1. The van der Waals surface area contributed by atoms with E-state index in [9.17, 15) is 9.59 Å². The molecule has 34 heavy (non-hydrogen) atoms. The Labute approximate surface area is 203 Å². The summed E-state index contributed by atoms with van der Waals surface area (Å²) in [5.41, 5.74) is 1.14. The van der Waals surface area contributed by atoms with Gasteiger partial charge in [-0.05, 0) is 50.6 Å². The van der Waals surface area contributed by atoms with Crippen molar-refractivity contribution in [3.05, 3.63) is 59.7 Å². The number of hydrogen-bond donors (Lipinski definition) is 4. The number of methoxy groups -OCH3 is 2. The average molecular weight is 479 g/mol. The van der Waals surface area contributed by atoms with Crippen molar-refractivity contribution >= 4 is 11.8 Å². The van der Waals surface area contributed by atoms with Gasteiger partial charge in [-0.1, -0.05) is 18.2 Å². The summed E-state index contributed by atoms with van der Waals surface area (Å²) < 4.78 is 16.2. The summed E-state index contributed by atoms with van der Waals surface area (Å²) in [6.07, 6.45) is 0.707. The molecule has 2 amide bonds. The van der Waals surface area contributed by atoms with E-state index in [1.54, 1.807) is 37.4 Å². The highest BCUT2D eigenvalue weighted by molar-refractivity contribution is 5.95. The molecular formula is C25H38N2O7. The number of carbonyl (C=O) groups excluding carboxylic acids is 2. The first-order valence-corrected chi connectivity index (χ1v) is 11.0. The number of rotatable bonds is 8. The fourth-order valence-electron chi connectivity index (χ4n) is 3.28. The van der Waals surface area contributed by atoms with E-state index in [1.165, 1.54) is 21.0 Å². The molecule has 4 N–H and O–H groups in total. The van der Waals surface area contributed by atoms with Crippen LogP contribution in [0.15, 0.2) is 48.5 Å². The van der Waals surface area contributed by atoms with Crippen LogP contribution >= 0.6 is 0 Å². The van der Waals surface area contributed by atoms with E-state index in [2.05, 4.69) is 10.6 Å². The Balaban J connectivity index is 0.00000160. The number of carbonyl (C=O) groups is 2. The molecule has 0 aromatic heterocycles. The quantitative estimate of drug-likeness (QED) is 0.429. The second-order valence-corrected chi connectivity index (χ2v) is 8.41. The van der Waals surface area contributed by atoms with Gasteiger partial charge >= 0.3 is 0 Å². The smallest absolute Gasteiger partial charge is 0.251 e. The van der Waals surface area contributed by atoms with Gasteiger partial charge in [0.25, 0.3) is 11.8 Å². The predicted octanol–water partition coefficient (Wildman–Crippen LogP) is 2.47. The third-order valence-electron chi connectivity index (χ3n) is 4.89. The normalized spacial score (nSPS) is 17.2. The minimum absolute atomic E-state index is 0. The van der Waals surface area contributed by atoms with Gasteiger partial charge in [-0.25, -0.2) is 0 Å². The average Bonchev–Trinajstić information content (AvgIpc) is 3.27. The van der Waals surface area contributed by atoms with E-state index >= 15 is 0 Å². The van der Waals surface area contributed by atoms with Gasteiger partial charge in [0.15, 0.2) is 17.3 Å². The van der Waals surface area contributed by atoms with E-state index in [4.69, 9.17) is 24.4 Å². The molecule has 0 unspecified atom stereocenters. The Hall–Kier alpha value is -3.14. The summed E-state index contributed by atoms with van der Waals surface area (Å²) in [6, 6.07) is 14.2. The van der Waals surface area contributed by atoms with E-state index in [-0.39, 0.29) is 26.7 Å². The number of nitrogens with one attached hydrogen (secondary N) is 2. The zero-order valence-corrected chi connectivity index (χ0v) is 20.0. The van der Waals surface area contributed by atoms with Gasteiger partial charge in [-0.15, -0.1) is 0 Å². The van der Waals surface area contributed by atoms with Crippen molar-refractivity contribution in [1.82, 2.24) is 10.6 Å². The molecule has 0 bridgehead atoms. The summed E-state index contributed by atoms with van der Waals surface area (Å²) in [6.45, 7) is 4.12. The molecule has 1 heterocycles. The van der Waals surface area contributed by atoms with Crippen LogP contribution in [0.1, 0.15) is 43.8 Å². The highest BCUT2D eigenvalue weighted by Gasteiger charge is 2.26. The minimum atomic E-state index is -1.50. The van der Waals surface area contributed by atoms with E-state index < -0.39 is 5.79 Å². The molecule has 2 aromatic rings. The van der Waals surface area contributed by atoms with Crippen LogP contribution in [0.25, 0.3) is 0 Å². The highest BCUT2D eigenvalue weighted by atomic mass is 16.5. The number of hydrogen-bond acceptors (Lipinski definition) is 7. The number of ether oxygens (including phenoxy) is 3. The lowest BCUT2D eigenvalue weighted by atomic mass is 10.1. The van der Waals surface area contributed by atoms with Crippen LogP contribution in [0.4, 0.5) is 0 Å². The Morgan fingerprint density at radius 2 is 1.56 bits per heavy atom. The Morgan fingerprint density at radius 3 is 2.18 bits per heavy atom. The second kappa shape index (κ2) is 12.9. The first-order valence-electron chi connectivity index (χ1n) is 11.0. The monoisotopic (exact) mass is 478 g/mol. The molecule has 1 saturated heterocycles. The van der Waals surface area contributed by atoms with Gasteiger partial charge < -0.3 is 35.1 Å². The Morgan fingerprint density at radius 1 is 0.971 bits per heavy atom. The first kappa shape index (κ1) is 27.1. The lowest BCUT2D eigenvalue weighted by Gasteiger charge is -2.13. The van der Waals surface area contributed by atoms with Crippen LogP contribution in [0.2, 0.25) is 0 Å². The van der Waals surface area contributed by atoms with Gasteiger partial charge in [0.2, 0.25) is 0 Å². The molecule has 1 aliphatic heterocycles. The minimum Gasteiger partial charge on any atom is -0.493 e. The molecule has 190 valence electrons. The lowest BCUT2D eigenvalue weighted by Crippen LogP contribution is -2.32. The van der Waals surface area contributed by atoms with Crippen molar-refractivity contribution in [3.8, 4) is 11.5 Å². The SMILES string of the molecule is CC(C)(O)O.COc1ccc(C(=O)NC[C@@H]2C[C@H](CNC(=O)c3ccccc3)CO2)cc1OC.[HH].[HH]. The maximum Gasteiger partial charge on any atom is 0.251 e. The van der Waals surface area contributed by atoms with Gasteiger partial charge in [0, 0.05) is 33.0 Å². The fourth-order valence-corrected chi connectivity index (χ4v) is 3.28. The van der Waals surface area contributed by atoms with Crippen molar-refractivity contribution in [2.75, 3.05) is 33.9 Å². The third-order valence-corrected chi connectivity index (χ3v) is 4.89. The van der Waals surface area contributed by atoms with Crippen molar-refractivity contribution in [3.63, 3.8) is 0 Å². The maximum atomic E-state index is 12.4. The predicted molar refractivity (Wildman–Crippen MR) is 131 cm³/mol. The fraction of sp³-hybridized carbons (Fsp3) is 0.440. The molecule has 2 atom stereocenters. The molecule has 2 aromatic carbocycles. The zero-order chi connectivity index (χ0) is 25.1. The Kier molecular flexibility index (Phi) is 10.3. The zero-order valence-electron chi connectivity index (χ0n) is 20.0. The van der Waals surface area contributed by atoms with Gasteiger partial charge in [-0.2, -0.15) is 0 Å². The molecule has 3 rings (SSSR count). The van der Waals surface area contributed by atoms with Crippen LogP contribution in [-0.4, -0.2) is 67.8 Å². The molecule has 1 aliphatic rings. The largest absolute Gasteiger partial charge is 0.493 e. The van der Waals surface area contributed by atoms with Crippen molar-refractivity contribution in [2.45, 2.75) is 32.2 Å². The standard InChI is InChI=1S/C22H26N2O5.C3H8O2.2H2/c1-27-19-9-8-17(11-20(19)28-2)22(26)24-13-18-10-15(14-29-18)12-23-21(25)16-6-4-3-5-7-16;1-3(2,4)5;;/h3-9,11,15,18H,10,12-14H2,1-2H3,(H,23,25)(H,24,26);4-5H,1-2H3;2*1H/t15-,18+;;;/m1.../s1. The molecule has 1 fully saturated rings. The van der Waals surface area contributed by atoms with E-state index in [0.717, 1.165) is 6.42 Å². The van der Waals surface area contributed by atoms with Crippen molar-refractivity contribution in [1.29, 1.82) is 0 Å². The topological polar surface area (TPSA) is 126 Å². The molecule has 9 nitrogen and oxygen atoms in total. The Bertz CT molecular complexity index is 934. The molecule has 0 aliphatic carbocycles. The highest BCUT2D eigenvalue weighted by Crippen LogP contribution is 2.27. The van der Waals surface area contributed by atoms with E-state index in [0.29, 0.717) is 42.3 Å². The number of amides is 2. The molecule has 9 heteroatoms. The van der Waals surface area contributed by atoms with Gasteiger partial charge in [0.05, 0.1) is 26.9 Å². The maximum absolute atomic E-state index is 12.4. The van der Waals surface area contributed by atoms with Crippen LogP contribution in [0.3, 0.4) is 0 Å². The number of benzene rings is 2. The summed E-state index contributed by atoms with van der Waals surface area (Å²) >= 11 is 0. The molecular weight excluding hydrogens is 440 g/mol. The molecule has 0 radical (unpaired) electrons. The number of aliphatic hydroxyl groups is 2. The van der Waals surface area contributed by atoms with Crippen LogP contribution in [0, 0.1) is 5.92 Å². The summed E-state index contributed by atoms with van der Waals surface area (Å²) in [5, 5.41) is 22.0. The summed E-state index contributed by atoms with van der Waals surface area (Å²) in [4.78, 5) is 24.5. The van der Waals surface area contributed by atoms with Gasteiger partial charge in [-0.3, -0.25) is 9.59 Å². The lowest BCUT2D eigenvalue weighted by molar-refractivity contribution is -0.127. The summed E-state index contributed by atoms with van der Waals surface area (Å²) in [7, 11) is 3.08. The molecule has 0 saturated carbocycles. The molecule has 0 spiro atoms. The van der Waals surface area contributed by atoms with Crippen molar-refractivity contribution < 1.29 is 36.9 Å². The van der Waals surface area contributed by atoms with Crippen molar-refractivity contribution in [2.24, 2.45) is 5.92 Å².